The summed E-state index contributed by atoms with van der Waals surface area (Å²) in [5, 5.41) is 17.9. The summed E-state index contributed by atoms with van der Waals surface area (Å²) in [6, 6.07) is 0. The lowest BCUT2D eigenvalue weighted by Crippen LogP contribution is -3.00. The third-order valence-corrected chi connectivity index (χ3v) is 0.167. The van der Waals surface area contributed by atoms with Crippen molar-refractivity contribution < 1.29 is 24.5 Å². The molecule has 66 valence electrons. The molecule has 12 N–H and O–H groups in total. The van der Waals surface area contributed by atoms with Crippen molar-refractivity contribution in [2.75, 3.05) is 0 Å². The quantitative estimate of drug-likeness (QED) is 0.299. The molecule has 0 bridgehead atoms. The van der Waals surface area contributed by atoms with E-state index in [9.17, 15) is 0 Å². The van der Waals surface area contributed by atoms with Gasteiger partial charge in [-0.1, -0.05) is 0 Å². The summed E-state index contributed by atoms with van der Waals surface area (Å²) in [5.41, 5.74) is 0. The predicted octanol–water partition coefficient (Wildman–Crippen LogP) is -5.38. The standard InChI is InChI=1S/C2H2O4.FH.3H3N/c3-1(4)2(5)6;;;;/h(H,3,4)(H,5,6);1H;3*1H3. The Kier molecular flexibility index (Phi) is 58.5. The van der Waals surface area contributed by atoms with E-state index in [1.165, 1.54) is 0 Å². The molecule has 0 aliphatic carbocycles. The number of halogens is 1. The first-order chi connectivity index (χ1) is 2.64. The average Bonchev–Trinajstić information content (AvgIpc) is 1.36. The molecule has 0 atom stereocenters. The number of carboxylic acids is 2. The average molecular weight is 161 g/mol. The van der Waals surface area contributed by atoms with E-state index in [0.717, 1.165) is 0 Å². The summed E-state index contributed by atoms with van der Waals surface area (Å²) < 4.78 is 0. The van der Waals surface area contributed by atoms with Gasteiger partial charge in [-0.2, -0.15) is 0 Å². The lowest BCUT2D eigenvalue weighted by molar-refractivity contribution is -0.345. The summed E-state index contributed by atoms with van der Waals surface area (Å²) in [5.74, 6) is -4.37. The second kappa shape index (κ2) is 15.7. The van der Waals surface area contributed by atoms with Crippen LogP contribution in [0.1, 0.15) is 0 Å². The summed E-state index contributed by atoms with van der Waals surface area (Å²) in [6.07, 6.45) is 0. The largest absolute Gasteiger partial charge is 1.00 e. The number of hydrogen-bond donors (Lipinski definition) is 3. The summed E-state index contributed by atoms with van der Waals surface area (Å²) >= 11 is 0. The molecule has 10 heavy (non-hydrogen) atoms. The number of carbonyl (C=O) groups is 2. The zero-order valence-electron chi connectivity index (χ0n) is 6.01. The van der Waals surface area contributed by atoms with Crippen molar-refractivity contribution in [1.82, 2.24) is 18.5 Å². The molecular formula is C2H12FN3O4. The molecule has 0 saturated carbocycles. The van der Waals surface area contributed by atoms with Gasteiger partial charge in [0.25, 0.3) is 0 Å². The topological polar surface area (TPSA) is 190 Å². The molecule has 0 heterocycles. The van der Waals surface area contributed by atoms with Crippen LogP contribution in [0.3, 0.4) is 0 Å². The lowest BCUT2D eigenvalue weighted by Gasteiger charge is -1.97. The highest BCUT2D eigenvalue weighted by Crippen LogP contribution is 1.41. The molecule has 0 radical (unpaired) electrons. The molecule has 0 aromatic carbocycles. The molecule has 0 aliphatic heterocycles. The van der Waals surface area contributed by atoms with Gasteiger partial charge in [0.15, 0.2) is 0 Å². The maximum atomic E-state index is 8.93. The van der Waals surface area contributed by atoms with Gasteiger partial charge in [-0.15, -0.1) is 0 Å². The molecule has 0 amide bonds. The molecule has 0 aromatic rings. The van der Waals surface area contributed by atoms with E-state index in [1.807, 2.05) is 0 Å². The van der Waals surface area contributed by atoms with Crippen LogP contribution in [0.5, 0.6) is 0 Å². The maximum absolute atomic E-state index is 8.93. The molecule has 0 aliphatic rings. The maximum Gasteiger partial charge on any atom is 0.0870 e. The summed E-state index contributed by atoms with van der Waals surface area (Å²) in [7, 11) is 0. The second-order valence-corrected chi connectivity index (χ2v) is 0.575. The molecule has 7 nitrogen and oxygen atoms in total. The third-order valence-electron chi connectivity index (χ3n) is 0.167. The Morgan fingerprint density at radius 3 is 0.900 bits per heavy atom. The minimum atomic E-state index is -2.19. The van der Waals surface area contributed by atoms with E-state index in [4.69, 9.17) is 19.8 Å². The molecule has 0 saturated heterocycles. The van der Waals surface area contributed by atoms with Gasteiger partial charge in [-0.05, 0) is 0 Å². The van der Waals surface area contributed by atoms with Crippen LogP contribution in [0.25, 0.3) is 0 Å². The van der Waals surface area contributed by atoms with E-state index < -0.39 is 11.9 Å². The van der Waals surface area contributed by atoms with Crippen LogP contribution in [0.2, 0.25) is 0 Å². The van der Waals surface area contributed by atoms with E-state index in [0.29, 0.717) is 0 Å². The number of carboxylic acid groups (broad SMARTS) is 2. The van der Waals surface area contributed by atoms with Crippen LogP contribution in [-0.2, 0) is 9.59 Å². The van der Waals surface area contributed by atoms with Crippen molar-refractivity contribution in [3.05, 3.63) is 0 Å². The molecule has 8 heteroatoms. The zero-order chi connectivity index (χ0) is 5.15. The van der Waals surface area contributed by atoms with Gasteiger partial charge in [0, 0.05) is 0 Å². The Morgan fingerprint density at radius 2 is 0.900 bits per heavy atom. The Hall–Kier alpha value is -1.25. The van der Waals surface area contributed by atoms with Crippen molar-refractivity contribution in [2.24, 2.45) is 0 Å². The second-order valence-electron chi connectivity index (χ2n) is 0.575. The molecule has 0 spiro atoms. The Bertz CT molecular complexity index is 84.5. The predicted molar refractivity (Wildman–Crippen MR) is 28.0 cm³/mol. The molecular weight excluding hydrogens is 149 g/mol. The van der Waals surface area contributed by atoms with Crippen molar-refractivity contribution in [3.63, 3.8) is 0 Å². The van der Waals surface area contributed by atoms with E-state index >= 15 is 0 Å². The van der Waals surface area contributed by atoms with E-state index in [2.05, 4.69) is 0 Å². The first kappa shape index (κ1) is 37.4. The fourth-order valence-corrected chi connectivity index (χ4v) is 0. The van der Waals surface area contributed by atoms with Crippen molar-refractivity contribution in [3.8, 4) is 0 Å². The molecule has 0 unspecified atom stereocenters. The van der Waals surface area contributed by atoms with Crippen molar-refractivity contribution in [1.29, 1.82) is 0 Å². The fraction of sp³-hybridized carbons (Fsp3) is 0. The number of quaternary nitrogens is 3. The fourth-order valence-electron chi connectivity index (χ4n) is 0. The van der Waals surface area contributed by atoms with Crippen LogP contribution < -0.4 is 33.4 Å². The lowest BCUT2D eigenvalue weighted by atomic mass is 10.7. The van der Waals surface area contributed by atoms with E-state index in [1.54, 1.807) is 0 Å². The van der Waals surface area contributed by atoms with Gasteiger partial charge in [0.1, 0.15) is 0 Å². The van der Waals surface area contributed by atoms with E-state index in [-0.39, 0.29) is 23.2 Å². The number of hydrogen-bond acceptors (Lipinski definition) is 4. The van der Waals surface area contributed by atoms with Crippen LogP contribution in [0.4, 0.5) is 0 Å². The summed E-state index contributed by atoms with van der Waals surface area (Å²) in [4.78, 5) is 17.9. The van der Waals surface area contributed by atoms with Crippen LogP contribution in [-0.4, -0.2) is 11.9 Å². The minimum absolute atomic E-state index is 0. The highest BCUT2D eigenvalue weighted by Gasteiger charge is 1.74. The van der Waals surface area contributed by atoms with Crippen LogP contribution >= 0.6 is 0 Å². The number of rotatable bonds is 0. The monoisotopic (exact) mass is 161 g/mol. The Labute approximate surface area is 56.2 Å². The normalized spacial score (nSPS) is 4.40. The highest BCUT2D eigenvalue weighted by atomic mass is 19.0. The zero-order valence-corrected chi connectivity index (χ0v) is 6.01. The third kappa shape index (κ3) is 29.5. The SMILES string of the molecule is O=C([O-])C(=O)[O-].[F-].[NH4+].[NH4+].[NH4+]. The number of carbonyl (C=O) groups excluding carboxylic acids is 2. The number of aliphatic carboxylic acids is 2. The van der Waals surface area contributed by atoms with Crippen LogP contribution in [0.15, 0.2) is 0 Å². The minimum Gasteiger partial charge on any atom is -1.00 e. The smallest absolute Gasteiger partial charge is 0.0870 e. The van der Waals surface area contributed by atoms with Crippen molar-refractivity contribution >= 4 is 11.9 Å². The van der Waals surface area contributed by atoms with Gasteiger partial charge in [0.05, 0.1) is 11.9 Å². The first-order valence-electron chi connectivity index (χ1n) is 1.07. The van der Waals surface area contributed by atoms with Gasteiger partial charge in [-0.3, -0.25) is 0 Å². The van der Waals surface area contributed by atoms with Gasteiger partial charge in [-0.25, -0.2) is 0 Å². The first-order valence-corrected chi connectivity index (χ1v) is 1.07. The molecule has 0 aromatic heterocycles. The summed E-state index contributed by atoms with van der Waals surface area (Å²) in [6.45, 7) is 0. The van der Waals surface area contributed by atoms with Crippen LogP contribution in [0, 0.1) is 0 Å². The Morgan fingerprint density at radius 1 is 0.800 bits per heavy atom. The Balaban J connectivity index is -0.0000000208. The molecule has 0 rings (SSSR count). The van der Waals surface area contributed by atoms with Crippen molar-refractivity contribution in [2.45, 2.75) is 0 Å². The van der Waals surface area contributed by atoms with Gasteiger partial charge in [0.2, 0.25) is 0 Å². The highest BCUT2D eigenvalue weighted by molar-refractivity contribution is 6.25. The van der Waals surface area contributed by atoms with Gasteiger partial charge < -0.3 is 43.0 Å². The molecule has 0 fully saturated rings. The van der Waals surface area contributed by atoms with Gasteiger partial charge >= 0.3 is 0 Å².